The summed E-state index contributed by atoms with van der Waals surface area (Å²) < 4.78 is 1.69. The summed E-state index contributed by atoms with van der Waals surface area (Å²) in [4.78, 5) is 18.0. The van der Waals surface area contributed by atoms with Crippen LogP contribution in [-0.4, -0.2) is 44.3 Å². The molecule has 1 N–H and O–H groups in total. The van der Waals surface area contributed by atoms with Crippen molar-refractivity contribution >= 4 is 5.91 Å². The first-order chi connectivity index (χ1) is 10.1. The van der Waals surface area contributed by atoms with Crippen LogP contribution in [0.1, 0.15) is 21.5 Å². The molecule has 2 heterocycles. The number of aryl methyl sites for hydroxylation is 1. The van der Waals surface area contributed by atoms with Gasteiger partial charge in [-0.25, -0.2) is 0 Å². The van der Waals surface area contributed by atoms with Gasteiger partial charge in [-0.2, -0.15) is 5.10 Å². The molecule has 2 aromatic heterocycles. The van der Waals surface area contributed by atoms with Crippen molar-refractivity contribution in [2.24, 2.45) is 7.05 Å². The summed E-state index contributed by atoms with van der Waals surface area (Å²) >= 11 is 0. The quantitative estimate of drug-likeness (QED) is 0.830. The fourth-order valence-corrected chi connectivity index (χ4v) is 1.92. The van der Waals surface area contributed by atoms with E-state index >= 15 is 0 Å². The smallest absolute Gasteiger partial charge is 0.255 e. The zero-order chi connectivity index (χ0) is 15.2. The lowest BCUT2D eigenvalue weighted by atomic mass is 10.1. The molecule has 2 aromatic rings. The second-order valence-electron chi connectivity index (χ2n) is 4.56. The van der Waals surface area contributed by atoms with E-state index in [1.165, 1.54) is 6.20 Å². The van der Waals surface area contributed by atoms with Crippen LogP contribution in [0.2, 0.25) is 0 Å². The lowest BCUT2D eigenvalue weighted by Gasteiger charge is -2.17. The molecule has 0 radical (unpaired) electrons. The summed E-state index contributed by atoms with van der Waals surface area (Å²) in [7, 11) is 3.55. The Morgan fingerprint density at radius 3 is 2.95 bits per heavy atom. The molecule has 0 fully saturated rings. The summed E-state index contributed by atoms with van der Waals surface area (Å²) in [6.45, 7) is 0.204. The van der Waals surface area contributed by atoms with Gasteiger partial charge in [-0.05, 0) is 6.07 Å². The molecule has 0 aliphatic rings. The van der Waals surface area contributed by atoms with Gasteiger partial charge in [-0.15, -0.1) is 0 Å². The largest absolute Gasteiger partial charge is 0.384 e. The van der Waals surface area contributed by atoms with E-state index in [0.717, 1.165) is 5.56 Å². The number of pyridine rings is 1. The Labute approximate surface area is 123 Å². The van der Waals surface area contributed by atoms with Crippen LogP contribution in [0.5, 0.6) is 0 Å². The average molecular weight is 284 g/mol. The van der Waals surface area contributed by atoms with Crippen molar-refractivity contribution in [2.75, 3.05) is 13.7 Å². The third-order valence-corrected chi connectivity index (χ3v) is 2.88. The van der Waals surface area contributed by atoms with Crippen LogP contribution in [0.15, 0.2) is 30.9 Å². The van der Waals surface area contributed by atoms with Gasteiger partial charge in [0.05, 0.1) is 17.3 Å². The van der Waals surface area contributed by atoms with Crippen molar-refractivity contribution in [2.45, 2.75) is 6.54 Å². The first-order valence-electron chi connectivity index (χ1n) is 6.38. The van der Waals surface area contributed by atoms with E-state index in [4.69, 9.17) is 5.11 Å². The first kappa shape index (κ1) is 14.8. The summed E-state index contributed by atoms with van der Waals surface area (Å²) in [5.41, 5.74) is 1.93. The minimum Gasteiger partial charge on any atom is -0.384 e. The lowest BCUT2D eigenvalue weighted by Crippen LogP contribution is -2.26. The molecule has 0 aromatic carbocycles. The summed E-state index contributed by atoms with van der Waals surface area (Å²) in [6, 6.07) is 1.63. The van der Waals surface area contributed by atoms with Crippen molar-refractivity contribution in [3.05, 3.63) is 47.5 Å². The summed E-state index contributed by atoms with van der Waals surface area (Å²) in [6.07, 6.45) is 6.66. The van der Waals surface area contributed by atoms with E-state index < -0.39 is 0 Å². The highest BCUT2D eigenvalue weighted by Crippen LogP contribution is 2.11. The number of carbonyl (C=O) groups is 1. The van der Waals surface area contributed by atoms with Crippen molar-refractivity contribution in [1.82, 2.24) is 19.7 Å². The molecule has 0 atom stereocenters. The molecule has 0 aliphatic heterocycles. The van der Waals surface area contributed by atoms with Gasteiger partial charge in [0.1, 0.15) is 6.61 Å². The second-order valence-corrected chi connectivity index (χ2v) is 4.56. The Morgan fingerprint density at radius 2 is 2.29 bits per heavy atom. The number of hydrogen-bond donors (Lipinski definition) is 1. The second kappa shape index (κ2) is 6.68. The third kappa shape index (κ3) is 3.68. The van der Waals surface area contributed by atoms with Crippen molar-refractivity contribution in [1.29, 1.82) is 0 Å². The summed E-state index contributed by atoms with van der Waals surface area (Å²) in [5.74, 6) is 5.12. The van der Waals surface area contributed by atoms with Gasteiger partial charge < -0.3 is 10.0 Å². The number of aliphatic hydroxyl groups is 1. The monoisotopic (exact) mass is 284 g/mol. The number of aliphatic hydroxyl groups excluding tert-OH is 1. The van der Waals surface area contributed by atoms with Crippen LogP contribution in [0.25, 0.3) is 0 Å². The van der Waals surface area contributed by atoms with Gasteiger partial charge in [0, 0.05) is 44.8 Å². The average Bonchev–Trinajstić information content (AvgIpc) is 2.89. The molecule has 0 aliphatic carbocycles. The van der Waals surface area contributed by atoms with Crippen molar-refractivity contribution in [3.63, 3.8) is 0 Å². The molecular formula is C15H16N4O2. The van der Waals surface area contributed by atoms with Crippen LogP contribution >= 0.6 is 0 Å². The minimum absolute atomic E-state index is 0.150. The molecule has 0 spiro atoms. The standard InChI is InChI=1S/C15H16N4O2/c1-18(10-12-8-17-19(2)11-12)15(21)14-5-6-16-9-13(14)4-3-7-20/h5-6,8-9,11,20H,7,10H2,1-2H3. The lowest BCUT2D eigenvalue weighted by molar-refractivity contribution is 0.0784. The zero-order valence-electron chi connectivity index (χ0n) is 11.9. The Bertz CT molecular complexity index is 697. The molecule has 21 heavy (non-hydrogen) atoms. The molecule has 6 heteroatoms. The van der Waals surface area contributed by atoms with Crippen LogP contribution in [-0.2, 0) is 13.6 Å². The highest BCUT2D eigenvalue weighted by molar-refractivity contribution is 5.96. The Morgan fingerprint density at radius 1 is 1.48 bits per heavy atom. The van der Waals surface area contributed by atoms with Crippen LogP contribution < -0.4 is 0 Å². The number of nitrogens with zero attached hydrogens (tertiary/aromatic N) is 4. The highest BCUT2D eigenvalue weighted by atomic mass is 16.2. The molecule has 0 unspecified atom stereocenters. The van der Waals surface area contributed by atoms with Gasteiger partial charge >= 0.3 is 0 Å². The molecule has 6 nitrogen and oxygen atoms in total. The van der Waals surface area contributed by atoms with E-state index in [-0.39, 0.29) is 12.5 Å². The molecule has 2 rings (SSSR count). The minimum atomic E-state index is -0.256. The highest BCUT2D eigenvalue weighted by Gasteiger charge is 2.15. The van der Waals surface area contributed by atoms with Crippen LogP contribution in [0.3, 0.4) is 0 Å². The predicted molar refractivity (Wildman–Crippen MR) is 77.2 cm³/mol. The maximum absolute atomic E-state index is 12.5. The molecular weight excluding hydrogens is 268 g/mol. The number of rotatable bonds is 3. The van der Waals surface area contributed by atoms with E-state index in [9.17, 15) is 4.79 Å². The third-order valence-electron chi connectivity index (χ3n) is 2.88. The molecule has 108 valence electrons. The maximum atomic E-state index is 12.5. The Balaban J connectivity index is 2.19. The fraction of sp³-hybridized carbons (Fsp3) is 0.267. The number of amides is 1. The molecule has 0 saturated carbocycles. The van der Waals surface area contributed by atoms with Gasteiger partial charge in [0.2, 0.25) is 0 Å². The Kier molecular flexibility index (Phi) is 4.69. The SMILES string of the molecule is CN(Cc1cnn(C)c1)C(=O)c1ccncc1C#CCO. The summed E-state index contributed by atoms with van der Waals surface area (Å²) in [5, 5.41) is 12.8. The van der Waals surface area contributed by atoms with Crippen LogP contribution in [0, 0.1) is 11.8 Å². The van der Waals surface area contributed by atoms with E-state index in [2.05, 4.69) is 21.9 Å². The number of aromatic nitrogens is 3. The van der Waals surface area contributed by atoms with Crippen molar-refractivity contribution in [3.8, 4) is 11.8 Å². The molecule has 0 bridgehead atoms. The van der Waals surface area contributed by atoms with Crippen LogP contribution in [0.4, 0.5) is 0 Å². The first-order valence-corrected chi connectivity index (χ1v) is 6.38. The maximum Gasteiger partial charge on any atom is 0.255 e. The number of hydrogen-bond acceptors (Lipinski definition) is 4. The zero-order valence-corrected chi connectivity index (χ0v) is 11.9. The topological polar surface area (TPSA) is 71.2 Å². The normalized spacial score (nSPS) is 9.86. The Hall–Kier alpha value is -2.65. The van der Waals surface area contributed by atoms with Gasteiger partial charge in [-0.1, -0.05) is 11.8 Å². The molecule has 0 saturated heterocycles. The predicted octanol–water partition coefficient (Wildman–Crippen LogP) is 0.431. The van der Waals surface area contributed by atoms with Gasteiger partial charge in [0.25, 0.3) is 5.91 Å². The number of carbonyl (C=O) groups excluding carboxylic acids is 1. The van der Waals surface area contributed by atoms with Gasteiger partial charge in [-0.3, -0.25) is 14.5 Å². The molecule has 1 amide bonds. The fourth-order valence-electron chi connectivity index (χ4n) is 1.92. The van der Waals surface area contributed by atoms with Crippen molar-refractivity contribution < 1.29 is 9.90 Å². The van der Waals surface area contributed by atoms with E-state index in [1.54, 1.807) is 35.1 Å². The van der Waals surface area contributed by atoms with E-state index in [0.29, 0.717) is 17.7 Å². The van der Waals surface area contributed by atoms with E-state index in [1.807, 2.05) is 13.2 Å². The van der Waals surface area contributed by atoms with Gasteiger partial charge in [0.15, 0.2) is 0 Å².